The van der Waals surface area contributed by atoms with Crippen LogP contribution < -0.4 is 5.32 Å². The Balaban J connectivity index is 1.53. The van der Waals surface area contributed by atoms with Crippen LogP contribution in [0.3, 0.4) is 0 Å². The summed E-state index contributed by atoms with van der Waals surface area (Å²) in [6.07, 6.45) is 6.01. The van der Waals surface area contributed by atoms with Gasteiger partial charge < -0.3 is 10.3 Å². The summed E-state index contributed by atoms with van der Waals surface area (Å²) in [5.74, 6) is 4.99. The number of benzene rings is 1. The van der Waals surface area contributed by atoms with E-state index in [1.807, 2.05) is 42.6 Å². The number of pyridine rings is 1. The van der Waals surface area contributed by atoms with E-state index in [4.69, 9.17) is 0 Å². The molecule has 1 amide bonds. The van der Waals surface area contributed by atoms with Crippen molar-refractivity contribution in [1.82, 2.24) is 15.3 Å². The molecule has 142 valence electrons. The Bertz CT molecular complexity index is 1040. The summed E-state index contributed by atoms with van der Waals surface area (Å²) < 4.78 is 0. The second-order valence-corrected chi connectivity index (χ2v) is 6.58. The van der Waals surface area contributed by atoms with Gasteiger partial charge in [0.15, 0.2) is 0 Å². The van der Waals surface area contributed by atoms with E-state index < -0.39 is 0 Å². The zero-order valence-electron chi connectivity index (χ0n) is 15.9. The fraction of sp³-hybridized carbons (Fsp3) is 0.261. The molecule has 0 fully saturated rings. The van der Waals surface area contributed by atoms with Crippen LogP contribution >= 0.6 is 0 Å². The average Bonchev–Trinajstić information content (AvgIpc) is 3.19. The molecule has 0 saturated carbocycles. The van der Waals surface area contributed by atoms with Gasteiger partial charge in [-0.3, -0.25) is 9.59 Å². The molecule has 2 N–H and O–H groups in total. The summed E-state index contributed by atoms with van der Waals surface area (Å²) >= 11 is 0. The first-order valence-corrected chi connectivity index (χ1v) is 9.37. The van der Waals surface area contributed by atoms with Gasteiger partial charge >= 0.3 is 0 Å². The van der Waals surface area contributed by atoms with E-state index >= 15 is 0 Å². The maximum atomic E-state index is 12.4. The Morgan fingerprint density at radius 3 is 2.57 bits per heavy atom. The predicted octanol–water partition coefficient (Wildman–Crippen LogP) is 3.34. The molecule has 0 saturated heterocycles. The van der Waals surface area contributed by atoms with Gasteiger partial charge in [-0.05, 0) is 54.5 Å². The van der Waals surface area contributed by atoms with Crippen LogP contribution in [0.25, 0.3) is 11.0 Å². The molecule has 0 bridgehead atoms. The van der Waals surface area contributed by atoms with Gasteiger partial charge in [-0.15, -0.1) is 0 Å². The van der Waals surface area contributed by atoms with Crippen molar-refractivity contribution in [3.8, 4) is 11.8 Å². The predicted molar refractivity (Wildman–Crippen MR) is 109 cm³/mol. The van der Waals surface area contributed by atoms with Gasteiger partial charge in [0.2, 0.25) is 0 Å². The molecule has 0 aliphatic rings. The fourth-order valence-electron chi connectivity index (χ4n) is 3.22. The monoisotopic (exact) mass is 373 g/mol. The van der Waals surface area contributed by atoms with Crippen LogP contribution in [0.5, 0.6) is 0 Å². The molecular weight excluding hydrogens is 350 g/mol. The number of nitrogens with one attached hydrogen (secondary N) is 2. The second-order valence-electron chi connectivity index (χ2n) is 6.58. The summed E-state index contributed by atoms with van der Waals surface area (Å²) in [5, 5.41) is 3.86. The Hall–Kier alpha value is -3.39. The van der Waals surface area contributed by atoms with Crippen LogP contribution in [-0.4, -0.2) is 21.7 Å². The number of amides is 1. The Morgan fingerprint density at radius 2 is 1.79 bits per heavy atom. The number of aryl methyl sites for hydroxylation is 2. The summed E-state index contributed by atoms with van der Waals surface area (Å²) in [6.45, 7) is 2.05. The van der Waals surface area contributed by atoms with Crippen molar-refractivity contribution in [2.75, 3.05) is 0 Å². The van der Waals surface area contributed by atoms with E-state index in [1.165, 1.54) is 0 Å². The van der Waals surface area contributed by atoms with E-state index in [0.717, 1.165) is 27.7 Å². The Kier molecular flexibility index (Phi) is 6.59. The number of Topliss-reactive ketones (excluding diaryl/α,β-unsaturated/α-hetero) is 1. The van der Waals surface area contributed by atoms with Crippen molar-refractivity contribution in [2.45, 2.75) is 39.2 Å². The number of nitrogens with zero attached hydrogens (tertiary/aromatic N) is 1. The van der Waals surface area contributed by atoms with Crippen molar-refractivity contribution >= 4 is 22.7 Å². The zero-order chi connectivity index (χ0) is 19.8. The van der Waals surface area contributed by atoms with E-state index in [1.54, 1.807) is 13.1 Å². The molecule has 2 heterocycles. The highest BCUT2D eigenvalue weighted by molar-refractivity contribution is 5.93. The first-order chi connectivity index (χ1) is 13.7. The average molecular weight is 373 g/mol. The highest BCUT2D eigenvalue weighted by atomic mass is 16.1. The maximum Gasteiger partial charge on any atom is 0.296 e. The first-order valence-electron chi connectivity index (χ1n) is 9.37. The molecule has 3 rings (SSSR count). The zero-order valence-corrected chi connectivity index (χ0v) is 15.9. The third-order valence-electron chi connectivity index (χ3n) is 4.69. The molecular formula is C23H23N3O2. The number of H-pyrrole nitrogens is 1. The van der Waals surface area contributed by atoms with E-state index in [2.05, 4.69) is 27.1 Å². The molecule has 0 atom stereocenters. The molecule has 0 unspecified atom stereocenters. The van der Waals surface area contributed by atoms with Gasteiger partial charge in [-0.25, -0.2) is 4.98 Å². The van der Waals surface area contributed by atoms with Crippen LogP contribution in [0.15, 0.2) is 48.8 Å². The molecule has 0 spiro atoms. The third kappa shape index (κ3) is 5.08. The van der Waals surface area contributed by atoms with Crippen molar-refractivity contribution in [3.63, 3.8) is 0 Å². The van der Waals surface area contributed by atoms with Gasteiger partial charge in [0.05, 0.1) is 0 Å². The molecule has 1 aromatic carbocycles. The summed E-state index contributed by atoms with van der Waals surface area (Å²) in [7, 11) is 0. The number of hydrogen-bond acceptors (Lipinski definition) is 3. The lowest BCUT2D eigenvalue weighted by atomic mass is 9.98. The van der Waals surface area contributed by atoms with Gasteiger partial charge in [-0.1, -0.05) is 30.2 Å². The fourth-order valence-corrected chi connectivity index (χ4v) is 3.22. The number of aromatic nitrogens is 2. The van der Waals surface area contributed by atoms with Gasteiger partial charge in [-0.2, -0.15) is 0 Å². The number of fused-ring (bicyclic) bond motifs is 1. The number of carbonyl (C=O) groups excluding carboxylic acids is 2. The molecule has 0 radical (unpaired) electrons. The topological polar surface area (TPSA) is 74.8 Å². The molecule has 5 nitrogen and oxygen atoms in total. The lowest BCUT2D eigenvalue weighted by Crippen LogP contribution is -2.21. The van der Waals surface area contributed by atoms with Gasteiger partial charge in [0.25, 0.3) is 5.91 Å². The van der Waals surface area contributed by atoms with Gasteiger partial charge in [0.1, 0.15) is 11.4 Å². The quantitative estimate of drug-likeness (QED) is 0.595. The number of carbonyl (C=O) groups is 2. The molecule has 0 aliphatic carbocycles. The van der Waals surface area contributed by atoms with Crippen molar-refractivity contribution in [1.29, 1.82) is 0 Å². The van der Waals surface area contributed by atoms with Crippen LogP contribution in [0.2, 0.25) is 0 Å². The maximum absolute atomic E-state index is 12.4. The third-order valence-corrected chi connectivity index (χ3v) is 4.69. The van der Waals surface area contributed by atoms with Crippen LogP contribution in [0.1, 0.15) is 36.5 Å². The van der Waals surface area contributed by atoms with Crippen molar-refractivity contribution in [3.05, 3.63) is 65.5 Å². The second kappa shape index (κ2) is 9.52. The standard InChI is InChI=1S/C23H23N3O2/c1-2-5-22(28)26-16-19-7-4-3-6-17(19)8-10-20(27)11-9-18-12-14-24-23-21(18)13-15-25-23/h3-4,6-7,12-15H,8-11,16H2,1H3,(H,24,25)(H,26,28). The smallest absolute Gasteiger partial charge is 0.296 e. The molecule has 2 aromatic heterocycles. The lowest BCUT2D eigenvalue weighted by Gasteiger charge is -2.09. The molecule has 0 aliphatic heterocycles. The van der Waals surface area contributed by atoms with Crippen LogP contribution in [0.4, 0.5) is 0 Å². The van der Waals surface area contributed by atoms with Gasteiger partial charge in [0, 0.05) is 37.2 Å². The van der Waals surface area contributed by atoms with Crippen LogP contribution in [0, 0.1) is 11.8 Å². The number of hydrogen-bond donors (Lipinski definition) is 2. The van der Waals surface area contributed by atoms with Crippen molar-refractivity contribution in [2.24, 2.45) is 0 Å². The summed E-state index contributed by atoms with van der Waals surface area (Å²) in [4.78, 5) is 31.3. The minimum Gasteiger partial charge on any atom is -0.346 e. The highest BCUT2D eigenvalue weighted by Gasteiger charge is 2.09. The van der Waals surface area contributed by atoms with E-state index in [0.29, 0.717) is 32.2 Å². The number of ketones is 1. The number of aromatic amines is 1. The van der Waals surface area contributed by atoms with E-state index in [9.17, 15) is 9.59 Å². The summed E-state index contributed by atoms with van der Waals surface area (Å²) in [6, 6.07) is 11.8. The SMILES string of the molecule is CC#CC(=O)NCc1ccccc1CCC(=O)CCc1ccnc2[nH]ccc12. The van der Waals surface area contributed by atoms with Crippen molar-refractivity contribution < 1.29 is 9.59 Å². The van der Waals surface area contributed by atoms with E-state index in [-0.39, 0.29) is 11.7 Å². The first kappa shape index (κ1) is 19.4. The minimum atomic E-state index is -0.290. The molecule has 3 aromatic rings. The molecule has 5 heteroatoms. The Labute approximate surface area is 164 Å². The lowest BCUT2D eigenvalue weighted by molar-refractivity contribution is -0.119. The minimum absolute atomic E-state index is 0.233. The number of rotatable bonds is 8. The largest absolute Gasteiger partial charge is 0.346 e. The summed E-state index contributed by atoms with van der Waals surface area (Å²) in [5.41, 5.74) is 4.09. The molecule has 28 heavy (non-hydrogen) atoms. The Morgan fingerprint density at radius 1 is 1.04 bits per heavy atom. The normalized spacial score (nSPS) is 10.3. The highest BCUT2D eigenvalue weighted by Crippen LogP contribution is 2.18. The van der Waals surface area contributed by atoms with Crippen LogP contribution in [-0.2, 0) is 29.0 Å².